The van der Waals surface area contributed by atoms with Crippen molar-refractivity contribution in [2.75, 3.05) is 21.1 Å². The third-order valence-corrected chi connectivity index (χ3v) is 9.52. The summed E-state index contributed by atoms with van der Waals surface area (Å²) < 4.78 is 22.6. The van der Waals surface area contributed by atoms with Gasteiger partial charge in [-0.1, -0.05) is 81.4 Å². The molecular formula is C40H58N2O9. The maximum atomic E-state index is 15.7. The number of aliphatic hydroxyl groups excluding tert-OH is 2. The van der Waals surface area contributed by atoms with Crippen molar-refractivity contribution in [1.82, 2.24) is 10.2 Å². The lowest BCUT2D eigenvalue weighted by molar-refractivity contribution is -0.188. The molecule has 11 nitrogen and oxygen atoms in total. The van der Waals surface area contributed by atoms with Gasteiger partial charge in [-0.25, -0.2) is 4.79 Å². The maximum Gasteiger partial charge on any atom is 0.346 e. The number of likely N-dealkylation sites (N-methyl/N-ethyl adjacent to an activating group) is 2. The first-order valence-electron chi connectivity index (χ1n) is 18.3. The molecule has 4 N–H and O–H groups in total. The van der Waals surface area contributed by atoms with Crippen LogP contribution in [-0.4, -0.2) is 105 Å². The Morgan fingerprint density at radius 3 is 1.71 bits per heavy atom. The van der Waals surface area contributed by atoms with Crippen LogP contribution in [0.1, 0.15) is 87.7 Å². The van der Waals surface area contributed by atoms with Crippen LogP contribution >= 0.6 is 0 Å². The molecule has 0 fully saturated rings. The molecule has 11 heteroatoms. The molecule has 0 amide bonds. The van der Waals surface area contributed by atoms with Crippen molar-refractivity contribution in [3.05, 3.63) is 71.8 Å². The van der Waals surface area contributed by atoms with E-state index in [9.17, 15) is 24.9 Å². The van der Waals surface area contributed by atoms with E-state index in [0.29, 0.717) is 0 Å². The SMILES string of the molecule is [2H]CN(C)[C@](C(=O)C(C)O)(C(=O)[C@](C)(O)C(=O)OC(C)(C)C)C(C(=O)C(C)O)(c1ccccc1)C(C)(CC(=O)[C@H](CC(C)C)N([2H])C)c1ccccc1. The summed E-state index contributed by atoms with van der Waals surface area (Å²) in [5, 5.41) is 35.9. The fourth-order valence-corrected chi connectivity index (χ4v) is 7.31. The van der Waals surface area contributed by atoms with Crippen LogP contribution in [0.15, 0.2) is 60.7 Å². The molecule has 0 aliphatic rings. The zero-order valence-corrected chi connectivity index (χ0v) is 31.9. The minimum Gasteiger partial charge on any atom is -0.457 e. The number of nitrogens with one attached hydrogen (secondary N) is 1. The molecule has 7 atom stereocenters. The van der Waals surface area contributed by atoms with Crippen molar-refractivity contribution < 1.29 is 46.8 Å². The van der Waals surface area contributed by atoms with Gasteiger partial charge in [0.05, 0.1) is 11.5 Å². The van der Waals surface area contributed by atoms with E-state index >= 15 is 14.4 Å². The van der Waals surface area contributed by atoms with Crippen LogP contribution < -0.4 is 5.31 Å². The molecule has 2 aromatic carbocycles. The van der Waals surface area contributed by atoms with Crippen molar-refractivity contribution in [1.29, 1.82) is 0 Å². The van der Waals surface area contributed by atoms with E-state index in [1.165, 1.54) is 59.0 Å². The number of aliphatic hydroxyl groups is 3. The summed E-state index contributed by atoms with van der Waals surface area (Å²) >= 11 is 0. The Labute approximate surface area is 305 Å². The summed E-state index contributed by atoms with van der Waals surface area (Å²) in [7, 11) is 1.66. The van der Waals surface area contributed by atoms with Crippen LogP contribution in [0.5, 0.6) is 0 Å². The average Bonchev–Trinajstić information content (AvgIpc) is 3.07. The number of carbonyl (C=O) groups excluding carboxylic acids is 5. The minimum absolute atomic E-state index is 0.0615. The van der Waals surface area contributed by atoms with E-state index in [0.717, 1.165) is 38.0 Å². The fraction of sp³-hybridized carbons (Fsp3) is 0.575. The Hall–Kier alpha value is -3.61. The highest BCUT2D eigenvalue weighted by molar-refractivity contribution is 6.27. The highest BCUT2D eigenvalue weighted by Crippen LogP contribution is 2.57. The zero-order chi connectivity index (χ0) is 40.9. The molecule has 0 saturated carbocycles. The molecule has 51 heavy (non-hydrogen) atoms. The van der Waals surface area contributed by atoms with Crippen molar-refractivity contribution in [2.24, 2.45) is 5.92 Å². The second kappa shape index (κ2) is 16.4. The third-order valence-electron chi connectivity index (χ3n) is 9.52. The molecule has 0 aliphatic heterocycles. The Bertz CT molecular complexity index is 1610. The lowest BCUT2D eigenvalue weighted by atomic mass is 9.43. The van der Waals surface area contributed by atoms with Crippen LogP contribution in [0.25, 0.3) is 0 Å². The first-order valence-corrected chi connectivity index (χ1v) is 17.1. The number of esters is 1. The second-order valence-electron chi connectivity index (χ2n) is 15.3. The predicted molar refractivity (Wildman–Crippen MR) is 195 cm³/mol. The topological polar surface area (TPSA) is 171 Å². The van der Waals surface area contributed by atoms with Crippen molar-refractivity contribution >= 4 is 29.1 Å². The summed E-state index contributed by atoms with van der Waals surface area (Å²) in [6, 6.07) is 14.5. The summed E-state index contributed by atoms with van der Waals surface area (Å²) in [4.78, 5) is 76.0. The molecule has 0 radical (unpaired) electrons. The normalized spacial score (nSPS) is 19.3. The zero-order valence-electron chi connectivity index (χ0n) is 33.9. The molecule has 0 heterocycles. The van der Waals surface area contributed by atoms with Crippen molar-refractivity contribution in [2.45, 2.75) is 121 Å². The van der Waals surface area contributed by atoms with Gasteiger partial charge < -0.3 is 25.4 Å². The van der Waals surface area contributed by atoms with Crippen LogP contribution in [0, 0.1) is 5.92 Å². The van der Waals surface area contributed by atoms with E-state index in [1.807, 2.05) is 13.8 Å². The lowest BCUT2D eigenvalue weighted by Crippen LogP contribution is -2.82. The van der Waals surface area contributed by atoms with Gasteiger partial charge in [0.1, 0.15) is 19.2 Å². The molecule has 2 rings (SSSR count). The number of ether oxygens (including phenoxy) is 1. The Balaban J connectivity index is 3.59. The standard InChI is InChI=1S/C40H58N2O9/c1-25(2)23-30(41-10)31(45)24-37(8,28-19-15-13-16-20-28)39(32(46)26(3)43,29-21-17-14-18-22-29)40(42(11)12,33(47)27(4)44)34(48)38(9,50)35(49)51-36(5,6)7/h13-22,25-27,30,41,43-44,50H,23-24H2,1-12H3/t26?,27?,30-,37?,38-,39?,40+/m0/s1/i11D/hD. The molecule has 0 spiro atoms. The fourth-order valence-electron chi connectivity index (χ4n) is 7.31. The van der Waals surface area contributed by atoms with E-state index in [2.05, 4.69) is 0 Å². The third kappa shape index (κ3) is 8.08. The monoisotopic (exact) mass is 712 g/mol. The first kappa shape index (κ1) is 40.2. The Kier molecular flexibility index (Phi) is 12.9. The van der Waals surface area contributed by atoms with Gasteiger partial charge in [-0.3, -0.25) is 24.1 Å². The van der Waals surface area contributed by atoms with Crippen LogP contribution in [0.2, 0.25) is 1.41 Å². The molecule has 0 aliphatic carbocycles. The quantitative estimate of drug-likeness (QED) is 0.132. The summed E-state index contributed by atoms with van der Waals surface area (Å²) in [5.41, 5.74) is -12.4. The van der Waals surface area contributed by atoms with Gasteiger partial charge in [-0.2, -0.15) is 0 Å². The number of rotatable bonds is 18. The van der Waals surface area contributed by atoms with Crippen LogP contribution in [-0.2, 0) is 39.5 Å². The number of hydrogen-bond acceptors (Lipinski definition) is 11. The maximum absolute atomic E-state index is 15.7. The first-order chi connectivity index (χ1) is 24.3. The minimum atomic E-state index is -3.22. The van der Waals surface area contributed by atoms with E-state index in [4.69, 9.17) is 7.52 Å². The second-order valence-corrected chi connectivity index (χ2v) is 15.3. The predicted octanol–water partition coefficient (Wildman–Crippen LogP) is 3.34. The van der Waals surface area contributed by atoms with Gasteiger partial charge in [0.15, 0.2) is 22.9 Å². The molecule has 282 valence electrons. The Morgan fingerprint density at radius 1 is 0.843 bits per heavy atom. The summed E-state index contributed by atoms with van der Waals surface area (Å²) in [6.45, 7) is 12.7. The van der Waals surface area contributed by atoms with E-state index < -0.39 is 88.4 Å². The molecule has 4 unspecified atom stereocenters. The van der Waals surface area contributed by atoms with Gasteiger partial charge in [0.2, 0.25) is 11.4 Å². The van der Waals surface area contributed by atoms with Gasteiger partial charge in [-0.15, -0.1) is 0 Å². The molecule has 0 saturated heterocycles. The number of Topliss-reactive ketones (excluding diaryl/α,β-unsaturated/α-hetero) is 4. The molecule has 0 aromatic heterocycles. The van der Waals surface area contributed by atoms with E-state index in [1.54, 1.807) is 36.4 Å². The smallest absolute Gasteiger partial charge is 0.346 e. The summed E-state index contributed by atoms with van der Waals surface area (Å²) in [6.07, 6.45) is -4.45. The highest BCUT2D eigenvalue weighted by Gasteiger charge is 2.77. The number of carbonyl (C=O) groups is 5. The van der Waals surface area contributed by atoms with E-state index in [-0.39, 0.29) is 23.5 Å². The summed E-state index contributed by atoms with van der Waals surface area (Å²) in [5.74, 6) is -6.28. The van der Waals surface area contributed by atoms with Crippen LogP contribution in [0.3, 0.4) is 0 Å². The van der Waals surface area contributed by atoms with Gasteiger partial charge in [-0.05, 0) is 86.1 Å². The van der Waals surface area contributed by atoms with Gasteiger partial charge in [0.25, 0.3) is 0 Å². The number of nitrogens with zero attached hydrogens (tertiary/aromatic N) is 1. The highest BCUT2D eigenvalue weighted by atomic mass is 16.6. The number of benzene rings is 2. The van der Waals surface area contributed by atoms with Crippen molar-refractivity contribution in [3.8, 4) is 0 Å². The largest absolute Gasteiger partial charge is 0.457 e. The number of ketones is 4. The molecule has 0 bridgehead atoms. The van der Waals surface area contributed by atoms with Gasteiger partial charge >= 0.3 is 5.97 Å². The van der Waals surface area contributed by atoms with Crippen LogP contribution in [0.4, 0.5) is 0 Å². The average molecular weight is 713 g/mol. The lowest BCUT2D eigenvalue weighted by Gasteiger charge is -2.60. The molecular weight excluding hydrogens is 652 g/mol. The molecule has 2 aromatic rings. The Morgan fingerprint density at radius 2 is 1.31 bits per heavy atom. The number of hydrogen-bond donors (Lipinski definition) is 4. The van der Waals surface area contributed by atoms with Gasteiger partial charge in [0, 0.05) is 13.2 Å². The van der Waals surface area contributed by atoms with Crippen molar-refractivity contribution in [3.63, 3.8) is 0 Å².